The topological polar surface area (TPSA) is 38.8 Å². The van der Waals surface area contributed by atoms with E-state index < -0.39 is 0 Å². The quantitative estimate of drug-likeness (QED) is 0.756. The second-order valence-electron chi connectivity index (χ2n) is 5.31. The number of hydrogen-bond acceptors (Lipinski definition) is 3. The second kappa shape index (κ2) is 8.10. The Labute approximate surface area is 124 Å². The predicted octanol–water partition coefficient (Wildman–Crippen LogP) is 2.34. The van der Waals surface area contributed by atoms with Crippen LogP contribution >= 0.6 is 0 Å². The van der Waals surface area contributed by atoms with Gasteiger partial charge in [-0.1, -0.05) is 6.07 Å². The Bertz CT molecular complexity index is 459. The van der Waals surface area contributed by atoms with E-state index in [4.69, 9.17) is 9.47 Å². The Morgan fingerprint density at radius 2 is 2.10 bits per heavy atom. The highest BCUT2D eigenvalue weighted by molar-refractivity contribution is 5.94. The minimum atomic E-state index is -0.373. The Morgan fingerprint density at radius 1 is 1.33 bits per heavy atom. The van der Waals surface area contributed by atoms with E-state index in [1.165, 1.54) is 12.1 Å². The molecular formula is C16H22FNO3. The van der Waals surface area contributed by atoms with Gasteiger partial charge in [0.05, 0.1) is 13.2 Å². The van der Waals surface area contributed by atoms with Crippen LogP contribution in [0.15, 0.2) is 24.3 Å². The van der Waals surface area contributed by atoms with Crippen LogP contribution in [0.25, 0.3) is 0 Å². The molecule has 4 nitrogen and oxygen atoms in total. The lowest BCUT2D eigenvalue weighted by Gasteiger charge is -2.32. The molecule has 0 aliphatic carbocycles. The van der Waals surface area contributed by atoms with Gasteiger partial charge in [0.25, 0.3) is 5.91 Å². The summed E-state index contributed by atoms with van der Waals surface area (Å²) in [5.74, 6) is 0.0222. The summed E-state index contributed by atoms with van der Waals surface area (Å²) < 4.78 is 23.6. The van der Waals surface area contributed by atoms with E-state index in [1.54, 1.807) is 24.1 Å². The number of amides is 1. The highest BCUT2D eigenvalue weighted by Crippen LogP contribution is 2.19. The van der Waals surface area contributed by atoms with Crippen molar-refractivity contribution in [1.82, 2.24) is 4.90 Å². The summed E-state index contributed by atoms with van der Waals surface area (Å²) in [6.45, 7) is 3.34. The van der Waals surface area contributed by atoms with Gasteiger partial charge in [-0.25, -0.2) is 4.39 Å². The van der Waals surface area contributed by atoms with Crippen LogP contribution in [0.3, 0.4) is 0 Å². The predicted molar refractivity (Wildman–Crippen MR) is 77.7 cm³/mol. The first-order chi connectivity index (χ1) is 10.2. The first kappa shape index (κ1) is 15.9. The summed E-state index contributed by atoms with van der Waals surface area (Å²) in [6.07, 6.45) is 1.85. The van der Waals surface area contributed by atoms with Crippen LogP contribution in [-0.4, -0.2) is 50.8 Å². The average Bonchev–Trinajstić information content (AvgIpc) is 2.51. The van der Waals surface area contributed by atoms with Crippen molar-refractivity contribution in [3.05, 3.63) is 35.6 Å². The van der Waals surface area contributed by atoms with Gasteiger partial charge in [0, 0.05) is 32.4 Å². The van der Waals surface area contributed by atoms with Crippen LogP contribution in [0, 0.1) is 11.7 Å². The van der Waals surface area contributed by atoms with Crippen LogP contribution in [0.4, 0.5) is 4.39 Å². The van der Waals surface area contributed by atoms with Gasteiger partial charge in [-0.15, -0.1) is 0 Å². The van der Waals surface area contributed by atoms with Gasteiger partial charge in [-0.2, -0.15) is 0 Å². The molecule has 1 aromatic carbocycles. The maximum Gasteiger partial charge on any atom is 0.253 e. The van der Waals surface area contributed by atoms with Gasteiger partial charge in [-0.05, 0) is 37.0 Å². The minimum absolute atomic E-state index is 0.0896. The van der Waals surface area contributed by atoms with Crippen molar-refractivity contribution in [2.45, 2.75) is 12.8 Å². The number of carbonyl (C=O) groups is 1. The van der Waals surface area contributed by atoms with E-state index in [-0.39, 0.29) is 11.7 Å². The summed E-state index contributed by atoms with van der Waals surface area (Å²) in [7, 11) is 1.65. The standard InChI is InChI=1S/C16H22FNO3/c1-20-9-10-21-12-13-5-7-18(8-6-13)16(19)14-3-2-4-15(17)11-14/h2-4,11,13H,5-10,12H2,1H3. The van der Waals surface area contributed by atoms with E-state index >= 15 is 0 Å². The second-order valence-corrected chi connectivity index (χ2v) is 5.31. The molecule has 1 aliphatic rings. The van der Waals surface area contributed by atoms with E-state index in [9.17, 15) is 9.18 Å². The molecule has 2 rings (SSSR count). The highest BCUT2D eigenvalue weighted by Gasteiger charge is 2.23. The fourth-order valence-electron chi connectivity index (χ4n) is 2.50. The molecule has 0 aromatic heterocycles. The molecule has 0 saturated carbocycles. The number of benzene rings is 1. The fourth-order valence-corrected chi connectivity index (χ4v) is 2.50. The molecule has 5 heteroatoms. The Hall–Kier alpha value is -1.46. The Morgan fingerprint density at radius 3 is 2.76 bits per heavy atom. The number of piperidine rings is 1. The maximum atomic E-state index is 13.2. The monoisotopic (exact) mass is 295 g/mol. The Balaban J connectivity index is 1.77. The lowest BCUT2D eigenvalue weighted by Crippen LogP contribution is -2.39. The highest BCUT2D eigenvalue weighted by atomic mass is 19.1. The largest absolute Gasteiger partial charge is 0.382 e. The molecule has 1 amide bonds. The smallest absolute Gasteiger partial charge is 0.253 e. The number of likely N-dealkylation sites (tertiary alicyclic amines) is 1. The number of hydrogen-bond donors (Lipinski definition) is 0. The molecule has 0 N–H and O–H groups in total. The third kappa shape index (κ3) is 4.79. The molecule has 0 radical (unpaired) electrons. The van der Waals surface area contributed by atoms with Crippen LogP contribution in [0.5, 0.6) is 0 Å². The molecule has 116 valence electrons. The zero-order valence-corrected chi connectivity index (χ0v) is 12.4. The zero-order valence-electron chi connectivity index (χ0n) is 12.4. The van der Waals surface area contributed by atoms with Crippen molar-refractivity contribution in [2.24, 2.45) is 5.92 Å². The molecule has 1 saturated heterocycles. The van der Waals surface area contributed by atoms with Gasteiger partial charge in [0.1, 0.15) is 5.82 Å². The maximum absolute atomic E-state index is 13.2. The van der Waals surface area contributed by atoms with Crippen LogP contribution in [0.1, 0.15) is 23.2 Å². The lowest BCUT2D eigenvalue weighted by atomic mass is 9.97. The number of methoxy groups -OCH3 is 1. The summed E-state index contributed by atoms with van der Waals surface area (Å²) in [4.78, 5) is 14.1. The number of rotatable bonds is 6. The van der Waals surface area contributed by atoms with Crippen molar-refractivity contribution < 1.29 is 18.7 Å². The minimum Gasteiger partial charge on any atom is -0.382 e. The van der Waals surface area contributed by atoms with E-state index in [0.717, 1.165) is 12.8 Å². The molecule has 1 heterocycles. The normalized spacial score (nSPS) is 16.2. The van der Waals surface area contributed by atoms with Gasteiger partial charge in [0.15, 0.2) is 0 Å². The molecule has 0 unspecified atom stereocenters. The molecule has 0 spiro atoms. The van der Waals surface area contributed by atoms with Crippen LogP contribution < -0.4 is 0 Å². The molecule has 1 aliphatic heterocycles. The first-order valence-electron chi connectivity index (χ1n) is 7.32. The van der Waals surface area contributed by atoms with E-state index in [1.807, 2.05) is 0 Å². The summed E-state index contributed by atoms with van der Waals surface area (Å²) in [5.41, 5.74) is 0.421. The molecule has 0 bridgehead atoms. The molecule has 1 fully saturated rings. The van der Waals surface area contributed by atoms with E-state index in [0.29, 0.717) is 44.4 Å². The average molecular weight is 295 g/mol. The zero-order chi connectivity index (χ0) is 15.1. The van der Waals surface area contributed by atoms with Crippen molar-refractivity contribution in [3.63, 3.8) is 0 Å². The van der Waals surface area contributed by atoms with Gasteiger partial charge in [0.2, 0.25) is 0 Å². The summed E-state index contributed by atoms with van der Waals surface area (Å²) >= 11 is 0. The van der Waals surface area contributed by atoms with Crippen molar-refractivity contribution in [3.8, 4) is 0 Å². The van der Waals surface area contributed by atoms with Gasteiger partial charge >= 0.3 is 0 Å². The van der Waals surface area contributed by atoms with E-state index in [2.05, 4.69) is 0 Å². The Kier molecular flexibility index (Phi) is 6.14. The summed E-state index contributed by atoms with van der Waals surface area (Å²) in [5, 5.41) is 0. The third-order valence-corrected chi connectivity index (χ3v) is 3.76. The number of ether oxygens (including phenoxy) is 2. The molecular weight excluding hydrogens is 273 g/mol. The molecule has 1 aromatic rings. The van der Waals surface area contributed by atoms with Crippen molar-refractivity contribution in [1.29, 1.82) is 0 Å². The summed E-state index contributed by atoms with van der Waals surface area (Å²) in [6, 6.07) is 5.87. The number of carbonyl (C=O) groups excluding carboxylic acids is 1. The first-order valence-corrected chi connectivity index (χ1v) is 7.32. The molecule has 0 atom stereocenters. The van der Waals surface area contributed by atoms with Gasteiger partial charge in [-0.3, -0.25) is 4.79 Å². The van der Waals surface area contributed by atoms with Gasteiger partial charge < -0.3 is 14.4 Å². The van der Waals surface area contributed by atoms with Crippen LogP contribution in [-0.2, 0) is 9.47 Å². The fraction of sp³-hybridized carbons (Fsp3) is 0.562. The van der Waals surface area contributed by atoms with Crippen molar-refractivity contribution in [2.75, 3.05) is 40.0 Å². The van der Waals surface area contributed by atoms with Crippen molar-refractivity contribution >= 4 is 5.91 Å². The SMILES string of the molecule is COCCOCC1CCN(C(=O)c2cccc(F)c2)CC1. The number of halogens is 1. The molecule has 21 heavy (non-hydrogen) atoms. The number of nitrogens with zero attached hydrogens (tertiary/aromatic N) is 1. The lowest BCUT2D eigenvalue weighted by molar-refractivity contribution is 0.0327. The third-order valence-electron chi connectivity index (χ3n) is 3.76. The van der Waals surface area contributed by atoms with Crippen LogP contribution in [0.2, 0.25) is 0 Å².